The van der Waals surface area contributed by atoms with Crippen molar-refractivity contribution in [2.45, 2.75) is 32.7 Å². The highest BCUT2D eigenvalue weighted by atomic mass is 16.1. The van der Waals surface area contributed by atoms with E-state index in [4.69, 9.17) is 0 Å². The van der Waals surface area contributed by atoms with Gasteiger partial charge in [-0.3, -0.25) is 9.78 Å². The Morgan fingerprint density at radius 1 is 1.42 bits per heavy atom. The van der Waals surface area contributed by atoms with E-state index in [2.05, 4.69) is 20.3 Å². The van der Waals surface area contributed by atoms with Crippen molar-refractivity contribution in [3.05, 3.63) is 47.8 Å². The molecular formula is C14H18N4O. The van der Waals surface area contributed by atoms with E-state index in [-0.39, 0.29) is 11.9 Å². The molecule has 100 valence electrons. The summed E-state index contributed by atoms with van der Waals surface area (Å²) in [5, 5.41) is 2.99. The molecule has 2 N–H and O–H groups in total. The van der Waals surface area contributed by atoms with E-state index in [1.807, 2.05) is 26.0 Å². The van der Waals surface area contributed by atoms with Gasteiger partial charge in [-0.25, -0.2) is 4.98 Å². The second-order valence-electron chi connectivity index (χ2n) is 4.51. The zero-order valence-electron chi connectivity index (χ0n) is 11.2. The molecule has 0 bridgehead atoms. The molecule has 0 unspecified atom stereocenters. The highest BCUT2D eigenvalue weighted by molar-refractivity contribution is 5.78. The topological polar surface area (TPSA) is 70.7 Å². The molecule has 0 aliphatic rings. The van der Waals surface area contributed by atoms with Crippen LogP contribution >= 0.6 is 0 Å². The Morgan fingerprint density at radius 3 is 2.74 bits per heavy atom. The molecule has 0 radical (unpaired) electrons. The average Bonchev–Trinajstić information content (AvgIpc) is 2.83. The van der Waals surface area contributed by atoms with Crippen molar-refractivity contribution in [2.24, 2.45) is 0 Å². The first-order chi connectivity index (χ1) is 9.19. The van der Waals surface area contributed by atoms with Crippen molar-refractivity contribution in [3.8, 4) is 0 Å². The molecule has 2 aromatic heterocycles. The highest BCUT2D eigenvalue weighted by Crippen LogP contribution is 2.13. The summed E-state index contributed by atoms with van der Waals surface area (Å²) in [6.07, 6.45) is 6.31. The van der Waals surface area contributed by atoms with Gasteiger partial charge in [0.05, 0.1) is 12.5 Å². The van der Waals surface area contributed by atoms with E-state index in [0.29, 0.717) is 6.42 Å². The van der Waals surface area contributed by atoms with Crippen LogP contribution in [0.1, 0.15) is 36.5 Å². The van der Waals surface area contributed by atoms with Crippen molar-refractivity contribution >= 4 is 5.91 Å². The monoisotopic (exact) mass is 258 g/mol. The van der Waals surface area contributed by atoms with Crippen LogP contribution in [0.25, 0.3) is 0 Å². The van der Waals surface area contributed by atoms with Gasteiger partial charge < -0.3 is 10.3 Å². The standard InChI is InChI=1S/C14H18N4O/c1-3-12(14-16-9-10(2)17-14)18-13(19)8-11-4-6-15-7-5-11/h4-7,9,12H,3,8H2,1-2H3,(H,16,17)(H,18,19)/t12-/m1/s1. The van der Waals surface area contributed by atoms with Gasteiger partial charge in [-0.1, -0.05) is 6.92 Å². The summed E-state index contributed by atoms with van der Waals surface area (Å²) in [7, 11) is 0. The third-order valence-electron chi connectivity index (χ3n) is 2.91. The lowest BCUT2D eigenvalue weighted by atomic mass is 10.1. The summed E-state index contributed by atoms with van der Waals surface area (Å²) in [5.41, 5.74) is 1.95. The zero-order valence-corrected chi connectivity index (χ0v) is 11.2. The number of hydrogen-bond acceptors (Lipinski definition) is 3. The molecule has 0 saturated heterocycles. The molecule has 0 aliphatic carbocycles. The molecule has 0 spiro atoms. The number of nitrogens with one attached hydrogen (secondary N) is 2. The van der Waals surface area contributed by atoms with Crippen LogP contribution in [0.3, 0.4) is 0 Å². The average molecular weight is 258 g/mol. The molecule has 0 saturated carbocycles. The minimum Gasteiger partial charge on any atom is -0.346 e. The summed E-state index contributed by atoms with van der Waals surface area (Å²) in [4.78, 5) is 23.3. The Bertz CT molecular complexity index is 535. The molecule has 5 nitrogen and oxygen atoms in total. The lowest BCUT2D eigenvalue weighted by Crippen LogP contribution is -2.30. The number of imidazole rings is 1. The summed E-state index contributed by atoms with van der Waals surface area (Å²) < 4.78 is 0. The number of carbonyl (C=O) groups excluding carboxylic acids is 1. The number of nitrogens with zero attached hydrogens (tertiary/aromatic N) is 2. The normalized spacial score (nSPS) is 12.1. The minimum atomic E-state index is -0.0666. The predicted molar refractivity (Wildman–Crippen MR) is 72.4 cm³/mol. The first kappa shape index (κ1) is 13.3. The van der Waals surface area contributed by atoms with Gasteiger partial charge in [-0.05, 0) is 31.0 Å². The summed E-state index contributed by atoms with van der Waals surface area (Å²) in [6.45, 7) is 3.97. The molecule has 1 atom stereocenters. The SMILES string of the molecule is CC[C@@H](NC(=O)Cc1ccncc1)c1ncc(C)[nH]1. The van der Waals surface area contributed by atoms with Crippen molar-refractivity contribution < 1.29 is 4.79 Å². The lowest BCUT2D eigenvalue weighted by Gasteiger charge is -2.14. The molecule has 0 aliphatic heterocycles. The number of H-pyrrole nitrogens is 1. The third-order valence-corrected chi connectivity index (χ3v) is 2.91. The number of rotatable bonds is 5. The van der Waals surface area contributed by atoms with Gasteiger partial charge in [0.1, 0.15) is 5.82 Å². The molecule has 2 rings (SSSR count). The van der Waals surface area contributed by atoms with Crippen LogP contribution in [-0.2, 0) is 11.2 Å². The van der Waals surface area contributed by atoms with Crippen molar-refractivity contribution in [3.63, 3.8) is 0 Å². The quantitative estimate of drug-likeness (QED) is 0.860. The molecular weight excluding hydrogens is 240 g/mol. The van der Waals surface area contributed by atoms with Crippen LogP contribution in [0.4, 0.5) is 0 Å². The second kappa shape index (κ2) is 6.13. The van der Waals surface area contributed by atoms with Crippen LogP contribution in [0.2, 0.25) is 0 Å². The van der Waals surface area contributed by atoms with E-state index < -0.39 is 0 Å². The van der Waals surface area contributed by atoms with E-state index >= 15 is 0 Å². The van der Waals surface area contributed by atoms with Crippen LogP contribution in [-0.4, -0.2) is 20.9 Å². The van der Waals surface area contributed by atoms with Crippen LogP contribution in [0.15, 0.2) is 30.7 Å². The summed E-state index contributed by atoms with van der Waals surface area (Å²) >= 11 is 0. The minimum absolute atomic E-state index is 0.00731. The van der Waals surface area contributed by atoms with Gasteiger partial charge in [-0.15, -0.1) is 0 Å². The number of hydrogen-bond donors (Lipinski definition) is 2. The Morgan fingerprint density at radius 2 is 2.16 bits per heavy atom. The fourth-order valence-corrected chi connectivity index (χ4v) is 1.91. The lowest BCUT2D eigenvalue weighted by molar-refractivity contribution is -0.121. The predicted octanol–water partition coefficient (Wildman–Crippen LogP) is 1.92. The summed E-state index contributed by atoms with van der Waals surface area (Å²) in [5.74, 6) is 0.801. The largest absolute Gasteiger partial charge is 0.346 e. The Balaban J connectivity index is 1.97. The number of aromatic nitrogens is 3. The number of carbonyl (C=O) groups is 1. The van der Waals surface area contributed by atoms with Gasteiger partial charge in [0.15, 0.2) is 0 Å². The Labute approximate surface area is 112 Å². The molecule has 0 fully saturated rings. The maximum Gasteiger partial charge on any atom is 0.225 e. The molecule has 1 amide bonds. The van der Waals surface area contributed by atoms with Crippen LogP contribution in [0, 0.1) is 6.92 Å². The summed E-state index contributed by atoms with van der Waals surface area (Å²) in [6, 6.07) is 3.62. The van der Waals surface area contributed by atoms with Crippen molar-refractivity contribution in [1.29, 1.82) is 0 Å². The molecule has 5 heteroatoms. The zero-order chi connectivity index (χ0) is 13.7. The first-order valence-electron chi connectivity index (χ1n) is 6.38. The number of aryl methyl sites for hydroxylation is 1. The van der Waals surface area contributed by atoms with Crippen molar-refractivity contribution in [1.82, 2.24) is 20.3 Å². The number of pyridine rings is 1. The van der Waals surface area contributed by atoms with E-state index in [1.54, 1.807) is 18.6 Å². The smallest absolute Gasteiger partial charge is 0.225 e. The first-order valence-corrected chi connectivity index (χ1v) is 6.38. The van der Waals surface area contributed by atoms with E-state index in [0.717, 1.165) is 23.5 Å². The van der Waals surface area contributed by atoms with Crippen LogP contribution < -0.4 is 5.32 Å². The maximum atomic E-state index is 12.0. The van der Waals surface area contributed by atoms with Gasteiger partial charge in [0.2, 0.25) is 5.91 Å². The van der Waals surface area contributed by atoms with E-state index in [9.17, 15) is 4.79 Å². The fraction of sp³-hybridized carbons (Fsp3) is 0.357. The van der Waals surface area contributed by atoms with Crippen LogP contribution in [0.5, 0.6) is 0 Å². The Hall–Kier alpha value is -2.17. The van der Waals surface area contributed by atoms with E-state index in [1.165, 1.54) is 0 Å². The molecule has 0 aromatic carbocycles. The molecule has 2 aromatic rings. The maximum absolute atomic E-state index is 12.0. The molecule has 19 heavy (non-hydrogen) atoms. The van der Waals surface area contributed by atoms with Gasteiger partial charge in [0.25, 0.3) is 0 Å². The van der Waals surface area contributed by atoms with Crippen molar-refractivity contribution in [2.75, 3.05) is 0 Å². The number of aromatic amines is 1. The van der Waals surface area contributed by atoms with Gasteiger partial charge in [-0.2, -0.15) is 0 Å². The fourth-order valence-electron chi connectivity index (χ4n) is 1.91. The Kier molecular flexibility index (Phi) is 4.28. The number of amides is 1. The van der Waals surface area contributed by atoms with Gasteiger partial charge in [0, 0.05) is 24.3 Å². The highest BCUT2D eigenvalue weighted by Gasteiger charge is 2.15. The van der Waals surface area contributed by atoms with Gasteiger partial charge >= 0.3 is 0 Å². The second-order valence-corrected chi connectivity index (χ2v) is 4.51. The molecule has 2 heterocycles. The third kappa shape index (κ3) is 3.64.